The number of hydrogen-bond acceptors (Lipinski definition) is 6. The maximum Gasteiger partial charge on any atom is 0.337 e. The first-order chi connectivity index (χ1) is 11.7. The number of nitrogens with zero attached hydrogens (tertiary/aromatic N) is 2. The number of carbonyl (C=O) groups excluding carboxylic acids is 1. The van der Waals surface area contributed by atoms with Gasteiger partial charge in [0.05, 0.1) is 12.7 Å². The lowest BCUT2D eigenvalue weighted by Crippen LogP contribution is -2.04. The monoisotopic (exact) mass is 324 g/mol. The van der Waals surface area contributed by atoms with Gasteiger partial charge in [0.1, 0.15) is 5.75 Å². The molecule has 0 aliphatic carbocycles. The van der Waals surface area contributed by atoms with Gasteiger partial charge in [-0.1, -0.05) is 18.2 Å². The second-order valence-electron chi connectivity index (χ2n) is 5.09. The second-order valence-corrected chi connectivity index (χ2v) is 5.09. The summed E-state index contributed by atoms with van der Waals surface area (Å²) in [6.07, 6.45) is -0.418. The van der Waals surface area contributed by atoms with Crippen LogP contribution in [0.2, 0.25) is 0 Å². The largest absolute Gasteiger partial charge is 0.481 e. The van der Waals surface area contributed by atoms with E-state index in [9.17, 15) is 4.79 Å². The maximum absolute atomic E-state index is 11.4. The highest BCUT2D eigenvalue weighted by Crippen LogP contribution is 2.24. The van der Waals surface area contributed by atoms with Gasteiger partial charge >= 0.3 is 5.97 Å². The summed E-state index contributed by atoms with van der Waals surface area (Å²) in [5.74, 6) is 1.03. The molecule has 0 aliphatic heterocycles. The Labute approximate surface area is 139 Å². The lowest BCUT2D eigenvalue weighted by molar-refractivity contribution is 0.0600. The number of methoxy groups -OCH3 is 1. The van der Waals surface area contributed by atoms with Crippen LogP contribution in [0.15, 0.2) is 59.0 Å². The number of carbonyl (C=O) groups is 1. The Bertz CT molecular complexity index is 813. The first-order valence-electron chi connectivity index (χ1n) is 7.41. The van der Waals surface area contributed by atoms with Crippen molar-refractivity contribution >= 4 is 5.97 Å². The first-order valence-corrected chi connectivity index (χ1v) is 7.41. The van der Waals surface area contributed by atoms with Crippen molar-refractivity contribution in [2.45, 2.75) is 13.0 Å². The molecule has 0 amide bonds. The van der Waals surface area contributed by atoms with Gasteiger partial charge in [0.15, 0.2) is 6.10 Å². The predicted molar refractivity (Wildman–Crippen MR) is 86.6 cm³/mol. The lowest BCUT2D eigenvalue weighted by Gasteiger charge is -2.11. The number of esters is 1. The van der Waals surface area contributed by atoms with E-state index in [-0.39, 0.29) is 5.97 Å². The molecule has 3 aromatic rings. The lowest BCUT2D eigenvalue weighted by atomic mass is 10.2. The normalized spacial score (nSPS) is 11.8. The molecule has 0 spiro atoms. The fourth-order valence-electron chi connectivity index (χ4n) is 2.14. The van der Waals surface area contributed by atoms with Gasteiger partial charge in [0.25, 0.3) is 5.89 Å². The molecule has 0 saturated heterocycles. The molecule has 0 fully saturated rings. The number of hydrogen-bond donors (Lipinski definition) is 0. The van der Waals surface area contributed by atoms with Gasteiger partial charge in [-0.3, -0.25) is 0 Å². The Morgan fingerprint density at radius 1 is 1.04 bits per heavy atom. The number of rotatable bonds is 5. The van der Waals surface area contributed by atoms with Crippen LogP contribution in [0.3, 0.4) is 0 Å². The van der Waals surface area contributed by atoms with Crippen molar-refractivity contribution in [3.05, 3.63) is 66.1 Å². The van der Waals surface area contributed by atoms with E-state index in [2.05, 4.69) is 14.9 Å². The van der Waals surface area contributed by atoms with Crippen LogP contribution in [0.1, 0.15) is 29.3 Å². The molecular weight excluding hydrogens is 308 g/mol. The van der Waals surface area contributed by atoms with Crippen LogP contribution in [0.25, 0.3) is 11.5 Å². The van der Waals surface area contributed by atoms with Crippen molar-refractivity contribution in [3.63, 3.8) is 0 Å². The zero-order valence-electron chi connectivity index (χ0n) is 13.3. The average Bonchev–Trinajstić information content (AvgIpc) is 3.13. The van der Waals surface area contributed by atoms with Crippen LogP contribution in [0, 0.1) is 0 Å². The highest BCUT2D eigenvalue weighted by atomic mass is 16.5. The molecule has 0 bridgehead atoms. The summed E-state index contributed by atoms with van der Waals surface area (Å²) in [4.78, 5) is 11.4. The minimum atomic E-state index is -0.418. The van der Waals surface area contributed by atoms with Crippen LogP contribution >= 0.6 is 0 Å². The van der Waals surface area contributed by atoms with E-state index in [0.717, 1.165) is 5.56 Å². The topological polar surface area (TPSA) is 74.5 Å². The van der Waals surface area contributed by atoms with Gasteiger partial charge in [-0.05, 0) is 43.3 Å². The molecule has 1 heterocycles. The summed E-state index contributed by atoms with van der Waals surface area (Å²) in [6.45, 7) is 1.82. The van der Waals surface area contributed by atoms with Gasteiger partial charge in [0, 0.05) is 5.56 Å². The standard InChI is InChI=1S/C18H16N2O4/c1-12(23-15-10-8-14(9-11-15)18(21)22-2)16-19-20-17(24-16)13-6-4-3-5-7-13/h3-12H,1-2H3/t12-/m0/s1. The van der Waals surface area contributed by atoms with Crippen LogP contribution < -0.4 is 4.74 Å². The van der Waals surface area contributed by atoms with Gasteiger partial charge in [-0.15, -0.1) is 10.2 Å². The van der Waals surface area contributed by atoms with Gasteiger partial charge < -0.3 is 13.9 Å². The van der Waals surface area contributed by atoms with E-state index in [1.54, 1.807) is 24.3 Å². The first kappa shape index (κ1) is 15.7. The molecule has 0 N–H and O–H groups in total. The summed E-state index contributed by atoms with van der Waals surface area (Å²) in [5.41, 5.74) is 1.31. The molecule has 0 radical (unpaired) electrons. The summed E-state index contributed by atoms with van der Waals surface area (Å²) in [7, 11) is 1.34. The SMILES string of the molecule is COC(=O)c1ccc(O[C@@H](C)c2nnc(-c3ccccc3)o2)cc1. The third-order valence-electron chi connectivity index (χ3n) is 3.40. The number of benzene rings is 2. The maximum atomic E-state index is 11.4. The van der Waals surface area contributed by atoms with E-state index in [1.807, 2.05) is 37.3 Å². The third-order valence-corrected chi connectivity index (χ3v) is 3.40. The van der Waals surface area contributed by atoms with Crippen molar-refractivity contribution in [1.29, 1.82) is 0 Å². The average molecular weight is 324 g/mol. The van der Waals surface area contributed by atoms with Gasteiger partial charge in [-0.2, -0.15) is 0 Å². The smallest absolute Gasteiger partial charge is 0.337 e. The number of aromatic nitrogens is 2. The third kappa shape index (κ3) is 3.43. The molecule has 2 aromatic carbocycles. The summed E-state index contributed by atoms with van der Waals surface area (Å²) < 4.78 is 16.1. The van der Waals surface area contributed by atoms with Crippen LogP contribution in [0.5, 0.6) is 5.75 Å². The molecule has 1 atom stereocenters. The molecule has 24 heavy (non-hydrogen) atoms. The molecule has 122 valence electrons. The van der Waals surface area contributed by atoms with E-state index < -0.39 is 6.10 Å². The molecule has 0 aliphatic rings. The Morgan fingerprint density at radius 3 is 2.42 bits per heavy atom. The molecule has 1 aromatic heterocycles. The number of ether oxygens (including phenoxy) is 2. The van der Waals surface area contributed by atoms with Crippen molar-refractivity contribution < 1.29 is 18.7 Å². The van der Waals surface area contributed by atoms with E-state index in [1.165, 1.54) is 7.11 Å². The highest BCUT2D eigenvalue weighted by Gasteiger charge is 2.16. The Kier molecular flexibility index (Phi) is 4.56. The van der Waals surface area contributed by atoms with Crippen molar-refractivity contribution in [3.8, 4) is 17.2 Å². The molecule has 0 saturated carbocycles. The van der Waals surface area contributed by atoms with Crippen molar-refractivity contribution in [2.24, 2.45) is 0 Å². The second kappa shape index (κ2) is 6.95. The highest BCUT2D eigenvalue weighted by molar-refractivity contribution is 5.89. The van der Waals surface area contributed by atoms with E-state index >= 15 is 0 Å². The zero-order chi connectivity index (χ0) is 16.9. The summed E-state index contributed by atoms with van der Waals surface area (Å²) >= 11 is 0. The minimum absolute atomic E-state index is 0.380. The summed E-state index contributed by atoms with van der Waals surface area (Å²) in [6, 6.07) is 16.2. The van der Waals surface area contributed by atoms with Crippen LogP contribution in [0.4, 0.5) is 0 Å². The van der Waals surface area contributed by atoms with Gasteiger partial charge in [0.2, 0.25) is 5.89 Å². The predicted octanol–water partition coefficient (Wildman–Crippen LogP) is 3.66. The fraction of sp³-hybridized carbons (Fsp3) is 0.167. The Morgan fingerprint density at radius 2 is 1.75 bits per heavy atom. The van der Waals surface area contributed by atoms with Crippen LogP contribution in [-0.2, 0) is 4.74 Å². The quantitative estimate of drug-likeness (QED) is 0.667. The van der Waals surface area contributed by atoms with Crippen LogP contribution in [-0.4, -0.2) is 23.3 Å². The molecule has 6 heteroatoms. The molecule has 6 nitrogen and oxygen atoms in total. The fourth-order valence-corrected chi connectivity index (χ4v) is 2.14. The Balaban J connectivity index is 1.70. The molecular formula is C18H16N2O4. The molecule has 0 unspecified atom stereocenters. The van der Waals surface area contributed by atoms with E-state index in [0.29, 0.717) is 23.1 Å². The Hall–Kier alpha value is -3.15. The molecule has 3 rings (SSSR count). The van der Waals surface area contributed by atoms with Crippen molar-refractivity contribution in [1.82, 2.24) is 10.2 Å². The summed E-state index contributed by atoms with van der Waals surface area (Å²) in [5, 5.41) is 8.07. The zero-order valence-corrected chi connectivity index (χ0v) is 13.3. The van der Waals surface area contributed by atoms with Gasteiger partial charge in [-0.25, -0.2) is 4.79 Å². The van der Waals surface area contributed by atoms with Crippen molar-refractivity contribution in [2.75, 3.05) is 7.11 Å². The minimum Gasteiger partial charge on any atom is -0.481 e. The van der Waals surface area contributed by atoms with E-state index in [4.69, 9.17) is 9.15 Å².